The number of benzene rings is 2. The third-order valence-corrected chi connectivity index (χ3v) is 2.54. The normalized spacial score (nSPS) is 9.71. The fourth-order valence-corrected chi connectivity index (χ4v) is 1.73. The molecular formula is C15H11FO. The molecule has 84 valence electrons. The first-order valence-electron chi connectivity index (χ1n) is 5.16. The molecule has 2 rings (SSSR count). The van der Waals surface area contributed by atoms with Crippen LogP contribution in [0.15, 0.2) is 42.5 Å². The molecular weight excluding hydrogens is 215 g/mol. The van der Waals surface area contributed by atoms with Crippen LogP contribution < -0.4 is 4.74 Å². The van der Waals surface area contributed by atoms with Gasteiger partial charge in [-0.1, -0.05) is 24.1 Å². The summed E-state index contributed by atoms with van der Waals surface area (Å²) in [5, 5.41) is 0. The highest BCUT2D eigenvalue weighted by molar-refractivity contribution is 5.75. The van der Waals surface area contributed by atoms with E-state index >= 15 is 0 Å². The summed E-state index contributed by atoms with van der Waals surface area (Å²) in [5.41, 5.74) is 2.42. The summed E-state index contributed by atoms with van der Waals surface area (Å²) in [6.07, 6.45) is 5.44. The third kappa shape index (κ3) is 2.14. The van der Waals surface area contributed by atoms with Crippen molar-refractivity contribution in [1.29, 1.82) is 0 Å². The lowest BCUT2D eigenvalue weighted by Gasteiger charge is -2.10. The SMILES string of the molecule is C#Cc1ccccc1-c1ccc(F)cc1OC. The maximum atomic E-state index is 13.1. The van der Waals surface area contributed by atoms with Crippen molar-refractivity contribution in [3.05, 3.63) is 53.8 Å². The fraction of sp³-hybridized carbons (Fsp3) is 0.0667. The van der Waals surface area contributed by atoms with Crippen LogP contribution in [0.1, 0.15) is 5.56 Å². The molecule has 0 aromatic heterocycles. The van der Waals surface area contributed by atoms with Gasteiger partial charge in [-0.25, -0.2) is 4.39 Å². The Bertz CT molecular complexity index is 582. The highest BCUT2D eigenvalue weighted by Gasteiger charge is 2.09. The smallest absolute Gasteiger partial charge is 0.129 e. The van der Waals surface area contributed by atoms with E-state index in [0.717, 1.165) is 16.7 Å². The molecule has 0 amide bonds. The molecule has 0 aliphatic rings. The molecule has 0 unspecified atom stereocenters. The van der Waals surface area contributed by atoms with E-state index in [1.807, 2.05) is 24.3 Å². The molecule has 0 spiro atoms. The summed E-state index contributed by atoms with van der Waals surface area (Å²) in [5.74, 6) is 2.76. The third-order valence-electron chi connectivity index (χ3n) is 2.54. The zero-order chi connectivity index (χ0) is 12.3. The van der Waals surface area contributed by atoms with Crippen LogP contribution in [0, 0.1) is 18.2 Å². The lowest BCUT2D eigenvalue weighted by molar-refractivity contribution is 0.413. The van der Waals surface area contributed by atoms with Gasteiger partial charge in [0.05, 0.1) is 7.11 Å². The predicted octanol–water partition coefficient (Wildman–Crippen LogP) is 3.48. The molecule has 17 heavy (non-hydrogen) atoms. The Hall–Kier alpha value is -2.27. The minimum atomic E-state index is -0.330. The van der Waals surface area contributed by atoms with Crippen molar-refractivity contribution in [3.8, 4) is 29.2 Å². The van der Waals surface area contributed by atoms with Gasteiger partial charge in [-0.3, -0.25) is 0 Å². The zero-order valence-corrected chi connectivity index (χ0v) is 9.41. The van der Waals surface area contributed by atoms with Gasteiger partial charge in [0.15, 0.2) is 0 Å². The van der Waals surface area contributed by atoms with Crippen molar-refractivity contribution in [2.45, 2.75) is 0 Å². The quantitative estimate of drug-likeness (QED) is 0.712. The maximum absolute atomic E-state index is 13.1. The number of halogens is 1. The van der Waals surface area contributed by atoms with Crippen LogP contribution >= 0.6 is 0 Å². The largest absolute Gasteiger partial charge is 0.496 e. The second-order valence-electron chi connectivity index (χ2n) is 3.53. The summed E-state index contributed by atoms with van der Waals surface area (Å²) < 4.78 is 18.3. The first-order chi connectivity index (χ1) is 8.26. The van der Waals surface area contributed by atoms with Crippen LogP contribution in [0.25, 0.3) is 11.1 Å². The first kappa shape index (κ1) is 11.2. The molecule has 0 N–H and O–H groups in total. The van der Waals surface area contributed by atoms with Crippen molar-refractivity contribution in [2.24, 2.45) is 0 Å². The highest BCUT2D eigenvalue weighted by Crippen LogP contribution is 2.32. The molecule has 0 bridgehead atoms. The maximum Gasteiger partial charge on any atom is 0.129 e. The van der Waals surface area contributed by atoms with Crippen LogP contribution in [0.2, 0.25) is 0 Å². The van der Waals surface area contributed by atoms with Gasteiger partial charge in [0.2, 0.25) is 0 Å². The number of hydrogen-bond acceptors (Lipinski definition) is 1. The van der Waals surface area contributed by atoms with Crippen molar-refractivity contribution in [3.63, 3.8) is 0 Å². The Kier molecular flexibility index (Phi) is 3.11. The minimum Gasteiger partial charge on any atom is -0.496 e. The van der Waals surface area contributed by atoms with Crippen LogP contribution in [-0.4, -0.2) is 7.11 Å². The van der Waals surface area contributed by atoms with Gasteiger partial charge in [0, 0.05) is 22.8 Å². The molecule has 0 aliphatic heterocycles. The molecule has 0 saturated carbocycles. The Morgan fingerprint density at radius 2 is 1.88 bits per heavy atom. The van der Waals surface area contributed by atoms with Crippen molar-refractivity contribution in [1.82, 2.24) is 0 Å². The number of ether oxygens (including phenoxy) is 1. The van der Waals surface area contributed by atoms with Gasteiger partial charge in [0.1, 0.15) is 11.6 Å². The molecule has 0 atom stereocenters. The summed E-state index contributed by atoms with van der Waals surface area (Å²) in [6, 6.07) is 11.9. The van der Waals surface area contributed by atoms with Gasteiger partial charge >= 0.3 is 0 Å². The van der Waals surface area contributed by atoms with Crippen LogP contribution in [0.3, 0.4) is 0 Å². The van der Waals surface area contributed by atoms with Crippen LogP contribution in [0.5, 0.6) is 5.75 Å². The monoisotopic (exact) mass is 226 g/mol. The Morgan fingerprint density at radius 1 is 1.12 bits per heavy atom. The van der Waals surface area contributed by atoms with Crippen LogP contribution in [-0.2, 0) is 0 Å². The average Bonchev–Trinajstić information content (AvgIpc) is 2.38. The van der Waals surface area contributed by atoms with Gasteiger partial charge < -0.3 is 4.74 Å². The molecule has 2 heteroatoms. The molecule has 2 aromatic rings. The highest BCUT2D eigenvalue weighted by atomic mass is 19.1. The van der Waals surface area contributed by atoms with E-state index < -0.39 is 0 Å². The van der Waals surface area contributed by atoms with Crippen molar-refractivity contribution >= 4 is 0 Å². The van der Waals surface area contributed by atoms with Crippen molar-refractivity contribution < 1.29 is 9.13 Å². The van der Waals surface area contributed by atoms with Crippen LogP contribution in [0.4, 0.5) is 4.39 Å². The number of hydrogen-bond donors (Lipinski definition) is 0. The van der Waals surface area contributed by atoms with Crippen molar-refractivity contribution in [2.75, 3.05) is 7.11 Å². The molecule has 2 aromatic carbocycles. The van der Waals surface area contributed by atoms with E-state index in [0.29, 0.717) is 5.75 Å². The number of methoxy groups -OCH3 is 1. The summed E-state index contributed by atoms with van der Waals surface area (Å²) in [4.78, 5) is 0. The molecule has 1 nitrogen and oxygen atoms in total. The second-order valence-corrected chi connectivity index (χ2v) is 3.53. The molecule has 0 radical (unpaired) electrons. The fourth-order valence-electron chi connectivity index (χ4n) is 1.73. The minimum absolute atomic E-state index is 0.330. The number of rotatable bonds is 2. The zero-order valence-electron chi connectivity index (χ0n) is 9.41. The summed E-state index contributed by atoms with van der Waals surface area (Å²) in [7, 11) is 1.51. The van der Waals surface area contributed by atoms with E-state index in [1.54, 1.807) is 6.07 Å². The van der Waals surface area contributed by atoms with E-state index in [-0.39, 0.29) is 5.82 Å². The Labute approximate surface area is 99.9 Å². The van der Waals surface area contributed by atoms with E-state index in [9.17, 15) is 4.39 Å². The van der Waals surface area contributed by atoms with Gasteiger partial charge in [-0.2, -0.15) is 0 Å². The van der Waals surface area contributed by atoms with Gasteiger partial charge in [0.25, 0.3) is 0 Å². The van der Waals surface area contributed by atoms with E-state index in [1.165, 1.54) is 19.2 Å². The average molecular weight is 226 g/mol. The lowest BCUT2D eigenvalue weighted by atomic mass is 9.99. The topological polar surface area (TPSA) is 9.23 Å². The van der Waals surface area contributed by atoms with E-state index in [4.69, 9.17) is 11.2 Å². The predicted molar refractivity (Wildman–Crippen MR) is 66.3 cm³/mol. The molecule has 0 saturated heterocycles. The Balaban J connectivity index is 2.65. The first-order valence-corrected chi connectivity index (χ1v) is 5.16. The summed E-state index contributed by atoms with van der Waals surface area (Å²) >= 11 is 0. The lowest BCUT2D eigenvalue weighted by Crippen LogP contribution is -1.91. The second kappa shape index (κ2) is 4.71. The summed E-state index contributed by atoms with van der Waals surface area (Å²) in [6.45, 7) is 0. The van der Waals surface area contributed by atoms with Gasteiger partial charge in [-0.15, -0.1) is 6.42 Å². The molecule has 0 heterocycles. The van der Waals surface area contributed by atoms with E-state index in [2.05, 4.69) is 5.92 Å². The number of terminal acetylenes is 1. The molecule has 0 fully saturated rings. The van der Waals surface area contributed by atoms with Gasteiger partial charge in [-0.05, 0) is 18.2 Å². The standard InChI is InChI=1S/C15H11FO/c1-3-11-6-4-5-7-13(11)14-9-8-12(16)10-15(14)17-2/h1,4-10H,2H3. The Morgan fingerprint density at radius 3 is 2.59 bits per heavy atom. The molecule has 0 aliphatic carbocycles.